The van der Waals surface area contributed by atoms with E-state index in [0.717, 1.165) is 12.8 Å². The molecule has 0 radical (unpaired) electrons. The number of thioether (sulfide) groups is 1. The van der Waals surface area contributed by atoms with Crippen LogP contribution in [0.4, 0.5) is 0 Å². The molecular weight excluding hydrogens is 248 g/mol. The van der Waals surface area contributed by atoms with Gasteiger partial charge < -0.3 is 0 Å². The van der Waals surface area contributed by atoms with Gasteiger partial charge in [0.2, 0.25) is 0 Å². The molecule has 0 bridgehead atoms. The molecule has 0 aliphatic carbocycles. The molecule has 0 amide bonds. The maximum Gasteiger partial charge on any atom is 0.0203 e. The molecule has 0 aliphatic heterocycles. The van der Waals surface area contributed by atoms with Crippen LogP contribution in [0, 0.1) is 11.2 Å². The normalized spacial score (nSPS) is 10.1. The van der Waals surface area contributed by atoms with Gasteiger partial charge in [-0.15, -0.1) is 0 Å². The second-order valence-corrected chi connectivity index (χ2v) is 4.97. The molecule has 0 nitrogen and oxygen atoms in total. The molecule has 2 aromatic rings. The van der Waals surface area contributed by atoms with Crippen LogP contribution in [-0.2, 0) is 6.42 Å². The predicted octanol–water partition coefficient (Wildman–Crippen LogP) is 4.93. The summed E-state index contributed by atoms with van der Waals surface area (Å²) >= 11 is 1.56. The Morgan fingerprint density at radius 1 is 0.895 bits per heavy atom. The maximum absolute atomic E-state index is 3.08. The monoisotopic (exact) mass is 264 g/mol. The highest BCUT2D eigenvalue weighted by atomic mass is 32.2. The Bertz CT molecular complexity index is 559. The van der Waals surface area contributed by atoms with Crippen molar-refractivity contribution in [3.8, 4) is 11.2 Å². The Kier molecular flexibility index (Phi) is 5.86. The van der Waals surface area contributed by atoms with Crippen molar-refractivity contribution in [2.75, 3.05) is 0 Å². The summed E-state index contributed by atoms with van der Waals surface area (Å²) in [7, 11) is 0. The van der Waals surface area contributed by atoms with Gasteiger partial charge >= 0.3 is 0 Å². The van der Waals surface area contributed by atoms with Gasteiger partial charge in [0.05, 0.1) is 0 Å². The van der Waals surface area contributed by atoms with Crippen molar-refractivity contribution in [2.24, 2.45) is 0 Å². The van der Waals surface area contributed by atoms with Crippen LogP contribution in [0.2, 0.25) is 0 Å². The number of allylic oxidation sites excluding steroid dienone is 2. The van der Waals surface area contributed by atoms with E-state index in [0.29, 0.717) is 0 Å². The summed E-state index contributed by atoms with van der Waals surface area (Å²) < 4.78 is 0. The fourth-order valence-corrected chi connectivity index (χ4v) is 2.19. The minimum Gasteiger partial charge on any atom is -0.0758 e. The van der Waals surface area contributed by atoms with E-state index in [2.05, 4.69) is 53.6 Å². The van der Waals surface area contributed by atoms with E-state index in [1.54, 1.807) is 11.8 Å². The maximum atomic E-state index is 3.08. The van der Waals surface area contributed by atoms with Gasteiger partial charge in [-0.05, 0) is 53.6 Å². The van der Waals surface area contributed by atoms with Gasteiger partial charge in [0.15, 0.2) is 0 Å². The Balaban J connectivity index is 1.70. The number of rotatable bonds is 4. The summed E-state index contributed by atoms with van der Waals surface area (Å²) in [5.41, 5.74) is 1.37. The van der Waals surface area contributed by atoms with Crippen LogP contribution in [0.5, 0.6) is 0 Å². The zero-order valence-corrected chi connectivity index (χ0v) is 11.6. The van der Waals surface area contributed by atoms with Crippen molar-refractivity contribution in [1.29, 1.82) is 0 Å². The number of benzene rings is 2. The van der Waals surface area contributed by atoms with Crippen molar-refractivity contribution in [1.82, 2.24) is 0 Å². The average Bonchev–Trinajstić information content (AvgIpc) is 2.48. The first-order valence-electron chi connectivity index (χ1n) is 6.36. The molecule has 0 heterocycles. The van der Waals surface area contributed by atoms with Gasteiger partial charge in [0, 0.05) is 4.90 Å². The van der Waals surface area contributed by atoms with E-state index in [1.807, 2.05) is 30.3 Å². The summed E-state index contributed by atoms with van der Waals surface area (Å²) in [5, 5.41) is 3.08. The van der Waals surface area contributed by atoms with Gasteiger partial charge in [0.1, 0.15) is 0 Å². The predicted molar refractivity (Wildman–Crippen MR) is 84.0 cm³/mol. The number of hydrogen-bond donors (Lipinski definition) is 0. The second-order valence-electron chi connectivity index (χ2n) is 4.09. The van der Waals surface area contributed by atoms with Crippen molar-refractivity contribution < 1.29 is 0 Å². The van der Waals surface area contributed by atoms with E-state index >= 15 is 0 Å². The lowest BCUT2D eigenvalue weighted by atomic mass is 10.1. The summed E-state index contributed by atoms with van der Waals surface area (Å²) in [6, 6.07) is 20.7. The first kappa shape index (κ1) is 13.5. The molecule has 0 unspecified atom stereocenters. The first-order chi connectivity index (χ1) is 9.45. The smallest absolute Gasteiger partial charge is 0.0203 e. The van der Waals surface area contributed by atoms with Crippen LogP contribution in [-0.4, -0.2) is 0 Å². The highest BCUT2D eigenvalue weighted by molar-refractivity contribution is 8.03. The average molecular weight is 264 g/mol. The van der Waals surface area contributed by atoms with E-state index < -0.39 is 0 Å². The van der Waals surface area contributed by atoms with Gasteiger partial charge in [-0.1, -0.05) is 60.5 Å². The molecule has 1 heteroatoms. The highest BCUT2D eigenvalue weighted by Crippen LogP contribution is 2.14. The van der Waals surface area contributed by atoms with E-state index in [9.17, 15) is 0 Å². The molecule has 0 N–H and O–H groups in total. The molecule has 19 heavy (non-hydrogen) atoms. The van der Waals surface area contributed by atoms with Gasteiger partial charge in [-0.3, -0.25) is 0 Å². The lowest BCUT2D eigenvalue weighted by molar-refractivity contribution is 1.00. The van der Waals surface area contributed by atoms with Crippen molar-refractivity contribution in [2.45, 2.75) is 17.7 Å². The summed E-state index contributed by atoms with van der Waals surface area (Å²) in [4.78, 5) is 1.19. The fourth-order valence-electron chi connectivity index (χ4n) is 1.65. The Morgan fingerprint density at radius 2 is 1.58 bits per heavy atom. The molecule has 0 fully saturated rings. The van der Waals surface area contributed by atoms with E-state index in [-0.39, 0.29) is 0 Å². The van der Waals surface area contributed by atoms with E-state index in [4.69, 9.17) is 0 Å². The van der Waals surface area contributed by atoms with Crippen LogP contribution in [0.3, 0.4) is 0 Å². The van der Waals surface area contributed by atoms with Crippen molar-refractivity contribution in [3.63, 3.8) is 0 Å². The number of aryl methyl sites for hydroxylation is 1. The summed E-state index contributed by atoms with van der Waals surface area (Å²) in [6.07, 6.45) is 6.18. The van der Waals surface area contributed by atoms with Crippen LogP contribution in [0.25, 0.3) is 0 Å². The molecular formula is C18H16S. The van der Waals surface area contributed by atoms with Crippen LogP contribution in [0.1, 0.15) is 12.0 Å². The molecule has 0 aromatic heterocycles. The minimum absolute atomic E-state index is 1.04. The lowest BCUT2D eigenvalue weighted by Gasteiger charge is -1.95. The molecule has 2 aromatic carbocycles. The Labute approximate surface area is 119 Å². The molecule has 0 saturated carbocycles. The Hall–Kier alpha value is -1.91. The van der Waals surface area contributed by atoms with Gasteiger partial charge in [-0.2, -0.15) is 0 Å². The third-order valence-electron chi connectivity index (χ3n) is 2.61. The molecule has 94 valence electrons. The third kappa shape index (κ3) is 5.50. The molecule has 0 saturated heterocycles. The van der Waals surface area contributed by atoms with Crippen molar-refractivity contribution >= 4 is 11.8 Å². The topological polar surface area (TPSA) is 0 Å². The van der Waals surface area contributed by atoms with E-state index in [1.165, 1.54) is 10.5 Å². The fraction of sp³-hybridized carbons (Fsp3) is 0.111. The van der Waals surface area contributed by atoms with Crippen LogP contribution < -0.4 is 0 Å². The van der Waals surface area contributed by atoms with Crippen molar-refractivity contribution in [3.05, 3.63) is 78.4 Å². The third-order valence-corrected chi connectivity index (χ3v) is 3.34. The SMILES string of the molecule is C(#CSc1ccccc1)/C=C/CCc1ccccc1. The lowest BCUT2D eigenvalue weighted by Crippen LogP contribution is -1.80. The summed E-state index contributed by atoms with van der Waals surface area (Å²) in [6.45, 7) is 0. The summed E-state index contributed by atoms with van der Waals surface area (Å²) in [5.74, 6) is 3.05. The van der Waals surface area contributed by atoms with Gasteiger partial charge in [0.25, 0.3) is 0 Å². The highest BCUT2D eigenvalue weighted by Gasteiger charge is 1.87. The zero-order chi connectivity index (χ0) is 13.2. The quantitative estimate of drug-likeness (QED) is 0.557. The minimum atomic E-state index is 1.04. The second kappa shape index (κ2) is 8.24. The van der Waals surface area contributed by atoms with Gasteiger partial charge in [-0.25, -0.2) is 0 Å². The molecule has 2 rings (SSSR count). The number of hydrogen-bond acceptors (Lipinski definition) is 1. The molecule has 0 aliphatic rings. The zero-order valence-electron chi connectivity index (χ0n) is 10.8. The molecule has 0 spiro atoms. The largest absolute Gasteiger partial charge is 0.0758 e. The molecule has 0 atom stereocenters. The first-order valence-corrected chi connectivity index (χ1v) is 7.18. The Morgan fingerprint density at radius 3 is 2.32 bits per heavy atom. The van der Waals surface area contributed by atoms with Crippen LogP contribution >= 0.6 is 11.8 Å². The standard InChI is InChI=1S/C18H16S/c1(5-11-17-12-6-3-7-13-17)2-10-16-19-18-14-8-4-9-15-18/h1-4,6-9,12-15H,5,11H2/b2-1+. The van der Waals surface area contributed by atoms with Crippen LogP contribution in [0.15, 0.2) is 77.7 Å².